The fourth-order valence-corrected chi connectivity index (χ4v) is 6.45. The summed E-state index contributed by atoms with van der Waals surface area (Å²) in [5, 5.41) is 0. The van der Waals surface area contributed by atoms with Crippen LogP contribution < -0.4 is 0 Å². The molecule has 0 atom stereocenters. The zero-order chi connectivity index (χ0) is 31.9. The van der Waals surface area contributed by atoms with E-state index in [2.05, 4.69) is 13.8 Å². The van der Waals surface area contributed by atoms with Crippen molar-refractivity contribution in [2.75, 3.05) is 14.1 Å². The molecule has 0 aliphatic carbocycles. The summed E-state index contributed by atoms with van der Waals surface area (Å²) in [6, 6.07) is 0. The number of Topliss-reactive ketones (excluding diaryl/α,β-unsaturated/α-hetero) is 2. The Morgan fingerprint density at radius 2 is 0.568 bits per heavy atom. The van der Waals surface area contributed by atoms with E-state index in [1.165, 1.54) is 167 Å². The molecule has 0 fully saturated rings. The minimum absolute atomic E-state index is 0. The van der Waals surface area contributed by atoms with Crippen molar-refractivity contribution in [1.82, 2.24) is 4.90 Å². The van der Waals surface area contributed by atoms with Gasteiger partial charge in [0.1, 0.15) is 5.54 Å². The SMILES string of the molecule is CCCCCCCCCCCCCCCCCC(=O)C(C)(C(=O)CCCCCCCCCCCCCCCCC)N(C)C.Cl. The van der Waals surface area contributed by atoms with Gasteiger partial charge in [-0.25, -0.2) is 0 Å². The first-order chi connectivity index (χ1) is 20.9. The predicted octanol–water partition coefficient (Wildman–Crippen LogP) is 13.4. The smallest absolute Gasteiger partial charge is 0.160 e. The second kappa shape index (κ2) is 33.9. The Labute approximate surface area is 283 Å². The van der Waals surface area contributed by atoms with Crippen LogP contribution in [0.3, 0.4) is 0 Å². The Bertz CT molecular complexity index is 574. The maximum Gasteiger partial charge on any atom is 0.160 e. The molecule has 264 valence electrons. The normalized spacial score (nSPS) is 11.7. The van der Waals surface area contributed by atoms with E-state index in [1.807, 2.05) is 25.9 Å². The first-order valence-electron chi connectivity index (χ1n) is 19.6. The maximum atomic E-state index is 13.2. The van der Waals surface area contributed by atoms with Gasteiger partial charge in [-0.15, -0.1) is 12.4 Å². The van der Waals surface area contributed by atoms with Crippen LogP contribution in [0.4, 0.5) is 0 Å². The molecule has 3 nitrogen and oxygen atoms in total. The van der Waals surface area contributed by atoms with Crippen LogP contribution in [0.2, 0.25) is 0 Å². The van der Waals surface area contributed by atoms with E-state index in [0.717, 1.165) is 25.7 Å². The van der Waals surface area contributed by atoms with Gasteiger partial charge in [0.25, 0.3) is 0 Å². The third kappa shape index (κ3) is 25.7. The monoisotopic (exact) mass is 642 g/mol. The molecule has 0 heterocycles. The summed E-state index contributed by atoms with van der Waals surface area (Å²) in [5.74, 6) is 0.247. The lowest BCUT2D eigenvalue weighted by atomic mass is 9.84. The van der Waals surface area contributed by atoms with Gasteiger partial charge >= 0.3 is 0 Å². The quantitative estimate of drug-likeness (QED) is 0.0510. The van der Waals surface area contributed by atoms with Crippen LogP contribution in [0.1, 0.15) is 226 Å². The van der Waals surface area contributed by atoms with Gasteiger partial charge in [-0.05, 0) is 33.9 Å². The van der Waals surface area contributed by atoms with Crippen molar-refractivity contribution >= 4 is 24.0 Å². The highest BCUT2D eigenvalue weighted by Crippen LogP contribution is 2.23. The number of ketones is 2. The number of carbonyl (C=O) groups excluding carboxylic acids is 2. The second-order valence-electron chi connectivity index (χ2n) is 14.2. The lowest BCUT2D eigenvalue weighted by Gasteiger charge is -2.33. The number of likely N-dealkylation sites (N-methyl/N-ethyl adjacent to an activating group) is 1. The van der Waals surface area contributed by atoms with E-state index in [0.29, 0.717) is 12.8 Å². The number of rotatable bonds is 35. The molecule has 0 aliphatic heterocycles. The number of carbonyl (C=O) groups is 2. The number of nitrogens with zero attached hydrogens (tertiary/aromatic N) is 1. The predicted molar refractivity (Wildman–Crippen MR) is 198 cm³/mol. The van der Waals surface area contributed by atoms with Gasteiger partial charge in [0.15, 0.2) is 11.6 Å². The molecule has 0 saturated carbocycles. The molecule has 44 heavy (non-hydrogen) atoms. The molecule has 0 aliphatic rings. The number of hydrogen-bond acceptors (Lipinski definition) is 3. The molecule has 0 rings (SSSR count). The number of unbranched alkanes of at least 4 members (excludes halogenated alkanes) is 28. The Balaban J connectivity index is 0. The maximum absolute atomic E-state index is 13.2. The molecule has 0 radical (unpaired) electrons. The second-order valence-corrected chi connectivity index (χ2v) is 14.2. The molecule has 0 aromatic rings. The van der Waals surface area contributed by atoms with E-state index in [-0.39, 0.29) is 24.0 Å². The highest BCUT2D eigenvalue weighted by molar-refractivity contribution is 6.11. The van der Waals surface area contributed by atoms with Crippen molar-refractivity contribution in [3.8, 4) is 0 Å². The lowest BCUT2D eigenvalue weighted by Crippen LogP contribution is -2.54. The summed E-state index contributed by atoms with van der Waals surface area (Å²) in [6.07, 6.45) is 40.8. The Morgan fingerprint density at radius 1 is 0.386 bits per heavy atom. The number of halogens is 1. The van der Waals surface area contributed by atoms with Gasteiger partial charge in [0.05, 0.1) is 0 Å². The fraction of sp³-hybridized carbons (Fsp3) is 0.950. The summed E-state index contributed by atoms with van der Waals surface area (Å²) in [4.78, 5) is 28.2. The summed E-state index contributed by atoms with van der Waals surface area (Å²) in [7, 11) is 3.80. The molecular weight excluding hydrogens is 562 g/mol. The van der Waals surface area contributed by atoms with Gasteiger partial charge in [0, 0.05) is 12.8 Å². The number of hydrogen-bond donors (Lipinski definition) is 0. The van der Waals surface area contributed by atoms with Gasteiger partial charge in [-0.1, -0.05) is 194 Å². The Kier molecular flexibility index (Phi) is 35.3. The molecule has 0 unspecified atom stereocenters. The summed E-state index contributed by atoms with van der Waals surface area (Å²) in [5.41, 5.74) is -0.952. The zero-order valence-electron chi connectivity index (χ0n) is 30.8. The van der Waals surface area contributed by atoms with Gasteiger partial charge in [-0.3, -0.25) is 14.5 Å². The minimum atomic E-state index is -0.952. The Hall–Kier alpha value is -0.410. The van der Waals surface area contributed by atoms with E-state index in [1.54, 1.807) is 0 Å². The average molecular weight is 643 g/mol. The summed E-state index contributed by atoms with van der Waals surface area (Å²) >= 11 is 0. The van der Waals surface area contributed by atoms with Crippen LogP contribution in [0.15, 0.2) is 0 Å². The molecule has 4 heteroatoms. The van der Waals surface area contributed by atoms with Crippen LogP contribution in [-0.4, -0.2) is 36.1 Å². The molecule has 0 amide bonds. The molecule has 0 saturated heterocycles. The Morgan fingerprint density at radius 3 is 0.750 bits per heavy atom. The molecule has 0 aromatic heterocycles. The lowest BCUT2D eigenvalue weighted by molar-refractivity contribution is -0.141. The van der Waals surface area contributed by atoms with Crippen LogP contribution in [0, 0.1) is 0 Å². The van der Waals surface area contributed by atoms with Crippen molar-refractivity contribution < 1.29 is 9.59 Å². The van der Waals surface area contributed by atoms with Crippen molar-refractivity contribution in [3.05, 3.63) is 0 Å². The first-order valence-corrected chi connectivity index (χ1v) is 19.6. The third-order valence-electron chi connectivity index (χ3n) is 10.00. The van der Waals surface area contributed by atoms with Crippen LogP contribution in [0.25, 0.3) is 0 Å². The van der Waals surface area contributed by atoms with Crippen LogP contribution in [0.5, 0.6) is 0 Å². The zero-order valence-corrected chi connectivity index (χ0v) is 31.6. The van der Waals surface area contributed by atoms with E-state index in [9.17, 15) is 9.59 Å². The third-order valence-corrected chi connectivity index (χ3v) is 10.00. The molecule has 0 spiro atoms. The molecular formula is C40H80ClNO2. The van der Waals surface area contributed by atoms with Crippen molar-refractivity contribution in [3.63, 3.8) is 0 Å². The molecule has 0 aromatic carbocycles. The van der Waals surface area contributed by atoms with E-state index in [4.69, 9.17) is 0 Å². The van der Waals surface area contributed by atoms with Crippen molar-refractivity contribution in [1.29, 1.82) is 0 Å². The standard InChI is InChI=1S/C40H79NO2.ClH/c1-6-8-10-12-14-16-18-20-22-24-26-28-30-32-34-36-38(42)40(3,41(4)5)39(43)37-35-33-31-29-27-25-23-21-19-17-15-13-11-9-7-2;/h6-37H2,1-5H3;1H. The van der Waals surface area contributed by atoms with Crippen LogP contribution in [-0.2, 0) is 9.59 Å². The average Bonchev–Trinajstić information content (AvgIpc) is 3.00. The van der Waals surface area contributed by atoms with Gasteiger partial charge < -0.3 is 0 Å². The largest absolute Gasteiger partial charge is 0.297 e. The summed E-state index contributed by atoms with van der Waals surface area (Å²) in [6.45, 7) is 6.44. The van der Waals surface area contributed by atoms with E-state index < -0.39 is 5.54 Å². The highest BCUT2D eigenvalue weighted by Gasteiger charge is 2.41. The van der Waals surface area contributed by atoms with E-state index >= 15 is 0 Å². The fourth-order valence-electron chi connectivity index (χ4n) is 6.45. The van der Waals surface area contributed by atoms with Gasteiger partial charge in [-0.2, -0.15) is 0 Å². The van der Waals surface area contributed by atoms with Crippen molar-refractivity contribution in [2.45, 2.75) is 232 Å². The highest BCUT2D eigenvalue weighted by atomic mass is 35.5. The first kappa shape index (κ1) is 45.7. The molecule has 0 bridgehead atoms. The molecule has 0 N–H and O–H groups in total. The summed E-state index contributed by atoms with van der Waals surface area (Å²) < 4.78 is 0. The van der Waals surface area contributed by atoms with Crippen LogP contribution >= 0.6 is 12.4 Å². The van der Waals surface area contributed by atoms with Gasteiger partial charge in [0.2, 0.25) is 0 Å². The topological polar surface area (TPSA) is 37.4 Å². The minimum Gasteiger partial charge on any atom is -0.297 e. The van der Waals surface area contributed by atoms with Crippen molar-refractivity contribution in [2.24, 2.45) is 0 Å².